The number of sulfonamides is 1. The number of carboxylic acids is 1. The number of rotatable bonds is 5. The maximum absolute atomic E-state index is 11.7. The zero-order valence-electron chi connectivity index (χ0n) is 14.6. The van der Waals surface area contributed by atoms with Gasteiger partial charge in [0.05, 0.1) is 17.5 Å². The highest BCUT2D eigenvalue weighted by molar-refractivity contribution is 7.88. The molecule has 0 spiro atoms. The van der Waals surface area contributed by atoms with Crippen LogP contribution in [0.1, 0.15) is 28.8 Å². The number of benzene rings is 1. The topological polar surface area (TPSA) is 87.6 Å². The zero-order valence-corrected chi connectivity index (χ0v) is 15.4. The van der Waals surface area contributed by atoms with Gasteiger partial charge in [0.25, 0.3) is 0 Å². The van der Waals surface area contributed by atoms with Gasteiger partial charge in [0.1, 0.15) is 0 Å². The Balaban J connectivity index is 1.67. The molecular weight excluding hydrogens is 352 g/mol. The van der Waals surface area contributed by atoms with E-state index in [-0.39, 0.29) is 5.56 Å². The number of piperidine rings is 1. The smallest absolute Gasteiger partial charge is 0.335 e. The summed E-state index contributed by atoms with van der Waals surface area (Å²) in [5.41, 5.74) is 2.98. The van der Waals surface area contributed by atoms with Crippen LogP contribution in [0, 0.1) is 5.92 Å². The van der Waals surface area contributed by atoms with Gasteiger partial charge in [0, 0.05) is 24.8 Å². The first-order valence-corrected chi connectivity index (χ1v) is 10.4. The number of nitrogens with zero attached hydrogens (tertiary/aromatic N) is 2. The monoisotopic (exact) mass is 374 g/mol. The zero-order chi connectivity index (χ0) is 18.7. The van der Waals surface area contributed by atoms with Gasteiger partial charge in [-0.1, -0.05) is 18.2 Å². The molecule has 1 aliphatic heterocycles. The standard InChI is InChI=1S/C19H22N2O4S/c1-26(24,25)21-10-2-3-15(13-21)11-14-4-9-18(20-12-14)16-5-7-17(8-6-16)19(22)23/h4-9,12,15H,2-3,10-11,13H2,1H3,(H,22,23)/t15-/m0/s1. The van der Waals surface area contributed by atoms with Crippen LogP contribution in [-0.2, 0) is 16.4 Å². The van der Waals surface area contributed by atoms with E-state index >= 15 is 0 Å². The van der Waals surface area contributed by atoms with Gasteiger partial charge in [-0.15, -0.1) is 0 Å². The van der Waals surface area contributed by atoms with Crippen molar-refractivity contribution in [3.05, 3.63) is 53.7 Å². The van der Waals surface area contributed by atoms with Crippen LogP contribution in [0.3, 0.4) is 0 Å². The van der Waals surface area contributed by atoms with Crippen LogP contribution in [0.25, 0.3) is 11.3 Å². The quantitative estimate of drug-likeness (QED) is 0.869. The fourth-order valence-electron chi connectivity index (χ4n) is 3.33. The summed E-state index contributed by atoms with van der Waals surface area (Å²) in [6.45, 7) is 1.18. The minimum atomic E-state index is -3.13. The predicted octanol–water partition coefficient (Wildman–Crippen LogP) is 2.66. The molecule has 0 unspecified atom stereocenters. The molecule has 1 atom stereocenters. The van der Waals surface area contributed by atoms with Crippen molar-refractivity contribution in [3.8, 4) is 11.3 Å². The van der Waals surface area contributed by atoms with Gasteiger partial charge in [0.2, 0.25) is 10.0 Å². The van der Waals surface area contributed by atoms with Gasteiger partial charge in [-0.2, -0.15) is 0 Å². The van der Waals surface area contributed by atoms with Crippen molar-refractivity contribution in [2.24, 2.45) is 5.92 Å². The number of carbonyl (C=O) groups is 1. The third-order valence-corrected chi connectivity index (χ3v) is 6.00. The maximum Gasteiger partial charge on any atom is 0.335 e. The first-order chi connectivity index (χ1) is 12.3. The number of hydrogen-bond acceptors (Lipinski definition) is 4. The average molecular weight is 374 g/mol. The van der Waals surface area contributed by atoms with Gasteiger partial charge >= 0.3 is 5.97 Å². The summed E-state index contributed by atoms with van der Waals surface area (Å²) in [5.74, 6) is -0.642. The lowest BCUT2D eigenvalue weighted by molar-refractivity contribution is 0.0697. The lowest BCUT2D eigenvalue weighted by Crippen LogP contribution is -2.39. The number of aromatic nitrogens is 1. The van der Waals surface area contributed by atoms with Crippen LogP contribution in [0.5, 0.6) is 0 Å². The molecule has 1 aromatic carbocycles. The molecule has 0 amide bonds. The van der Waals surface area contributed by atoms with E-state index < -0.39 is 16.0 Å². The van der Waals surface area contributed by atoms with Gasteiger partial charge < -0.3 is 5.11 Å². The Hall–Kier alpha value is -2.25. The van der Waals surface area contributed by atoms with Gasteiger partial charge in [-0.25, -0.2) is 17.5 Å². The third-order valence-electron chi connectivity index (χ3n) is 4.73. The largest absolute Gasteiger partial charge is 0.478 e. The van der Waals surface area contributed by atoms with E-state index in [2.05, 4.69) is 4.98 Å². The minimum absolute atomic E-state index is 0.248. The summed E-state index contributed by atoms with van der Waals surface area (Å²) in [7, 11) is -3.13. The number of aromatic carboxylic acids is 1. The molecule has 1 N–H and O–H groups in total. The van der Waals surface area contributed by atoms with E-state index in [1.54, 1.807) is 28.6 Å². The summed E-state index contributed by atoms with van der Waals surface area (Å²) < 4.78 is 25.0. The summed E-state index contributed by atoms with van der Waals surface area (Å²) in [6, 6.07) is 10.5. The second-order valence-electron chi connectivity index (χ2n) is 6.77. The molecule has 0 aliphatic carbocycles. The van der Waals surface area contributed by atoms with Crippen LogP contribution in [0.4, 0.5) is 0 Å². The lowest BCUT2D eigenvalue weighted by Gasteiger charge is -2.30. The molecule has 1 fully saturated rings. The number of hydrogen-bond donors (Lipinski definition) is 1. The molecule has 0 saturated carbocycles. The molecule has 7 heteroatoms. The Morgan fingerprint density at radius 3 is 2.54 bits per heavy atom. The fourth-order valence-corrected chi connectivity index (χ4v) is 4.27. The van der Waals surface area contributed by atoms with E-state index in [0.717, 1.165) is 36.1 Å². The van der Waals surface area contributed by atoms with Crippen molar-refractivity contribution < 1.29 is 18.3 Å². The van der Waals surface area contributed by atoms with E-state index in [1.165, 1.54) is 6.26 Å². The first-order valence-electron chi connectivity index (χ1n) is 8.57. The highest BCUT2D eigenvalue weighted by Crippen LogP contribution is 2.23. The molecule has 0 radical (unpaired) electrons. The van der Waals surface area contributed by atoms with Crippen LogP contribution >= 0.6 is 0 Å². The Morgan fingerprint density at radius 2 is 1.96 bits per heavy atom. The van der Waals surface area contributed by atoms with Gasteiger partial charge in [-0.05, 0) is 48.9 Å². The van der Waals surface area contributed by atoms with E-state index in [4.69, 9.17) is 5.11 Å². The summed E-state index contributed by atoms with van der Waals surface area (Å²) in [4.78, 5) is 15.4. The minimum Gasteiger partial charge on any atom is -0.478 e. The van der Waals surface area contributed by atoms with Gasteiger partial charge in [-0.3, -0.25) is 4.98 Å². The average Bonchev–Trinajstić information content (AvgIpc) is 2.62. The number of carboxylic acid groups (broad SMARTS) is 1. The molecule has 2 heterocycles. The number of pyridine rings is 1. The van der Waals surface area contributed by atoms with E-state index in [9.17, 15) is 13.2 Å². The normalized spacial score (nSPS) is 18.6. The highest BCUT2D eigenvalue weighted by atomic mass is 32.2. The molecule has 1 aromatic heterocycles. The van der Waals surface area contributed by atoms with Gasteiger partial charge in [0.15, 0.2) is 0 Å². The molecule has 2 aromatic rings. The highest BCUT2D eigenvalue weighted by Gasteiger charge is 2.25. The van der Waals surface area contributed by atoms with Crippen LogP contribution in [-0.4, -0.2) is 48.1 Å². The van der Waals surface area contributed by atoms with Crippen molar-refractivity contribution in [2.45, 2.75) is 19.3 Å². The molecule has 6 nitrogen and oxygen atoms in total. The SMILES string of the molecule is CS(=O)(=O)N1CCC[C@@H](Cc2ccc(-c3ccc(C(=O)O)cc3)nc2)C1. The lowest BCUT2D eigenvalue weighted by atomic mass is 9.93. The third kappa shape index (κ3) is 4.47. The van der Waals surface area contributed by atoms with Crippen LogP contribution < -0.4 is 0 Å². The molecule has 1 aliphatic rings. The van der Waals surface area contributed by atoms with E-state index in [1.807, 2.05) is 18.3 Å². The molecule has 3 rings (SSSR count). The molecule has 1 saturated heterocycles. The second kappa shape index (κ2) is 7.55. The van der Waals surface area contributed by atoms with Crippen molar-refractivity contribution >= 4 is 16.0 Å². The van der Waals surface area contributed by atoms with Crippen molar-refractivity contribution in [2.75, 3.05) is 19.3 Å². The summed E-state index contributed by atoms with van der Waals surface area (Å²) >= 11 is 0. The maximum atomic E-state index is 11.7. The Kier molecular flexibility index (Phi) is 5.38. The van der Waals surface area contributed by atoms with Crippen molar-refractivity contribution in [3.63, 3.8) is 0 Å². The first kappa shape index (κ1) is 18.5. The fraction of sp³-hybridized carbons (Fsp3) is 0.368. The molecule has 26 heavy (non-hydrogen) atoms. The van der Waals surface area contributed by atoms with Crippen LogP contribution in [0.2, 0.25) is 0 Å². The Morgan fingerprint density at radius 1 is 1.23 bits per heavy atom. The predicted molar refractivity (Wildman–Crippen MR) is 99.5 cm³/mol. The molecule has 138 valence electrons. The Bertz CT molecular complexity index is 877. The Labute approximate surface area is 153 Å². The van der Waals surface area contributed by atoms with Crippen LogP contribution in [0.15, 0.2) is 42.6 Å². The molecule has 0 bridgehead atoms. The summed E-state index contributed by atoms with van der Waals surface area (Å²) in [6.07, 6.45) is 5.79. The molecular formula is C19H22N2O4S. The van der Waals surface area contributed by atoms with E-state index in [0.29, 0.717) is 19.0 Å². The van der Waals surface area contributed by atoms with Crippen molar-refractivity contribution in [1.29, 1.82) is 0 Å². The summed E-state index contributed by atoms with van der Waals surface area (Å²) in [5, 5.41) is 8.95. The van der Waals surface area contributed by atoms with Crippen molar-refractivity contribution in [1.82, 2.24) is 9.29 Å². The second-order valence-corrected chi connectivity index (χ2v) is 8.75.